The van der Waals surface area contributed by atoms with Crippen LogP contribution in [-0.2, 0) is 10.2 Å². The zero-order valence-corrected chi connectivity index (χ0v) is 12.7. The maximum absolute atomic E-state index is 5.85. The zero-order valence-electron chi connectivity index (χ0n) is 12.7. The highest BCUT2D eigenvalue weighted by Gasteiger charge is 2.19. The highest BCUT2D eigenvalue weighted by Crippen LogP contribution is 2.24. The van der Waals surface area contributed by atoms with Crippen LogP contribution >= 0.6 is 0 Å². The molecule has 1 aromatic rings. The summed E-state index contributed by atoms with van der Waals surface area (Å²) in [5.74, 6) is 1.35. The van der Waals surface area contributed by atoms with Crippen LogP contribution in [0.5, 0.6) is 0 Å². The van der Waals surface area contributed by atoms with E-state index in [2.05, 4.69) is 61.6 Å². The Morgan fingerprint density at radius 3 is 2.48 bits per heavy atom. The predicted molar refractivity (Wildman–Crippen MR) is 85.8 cm³/mol. The van der Waals surface area contributed by atoms with Crippen LogP contribution in [0.4, 0.5) is 0 Å². The molecule has 0 amide bonds. The summed E-state index contributed by atoms with van der Waals surface area (Å²) in [7, 11) is 0. The van der Waals surface area contributed by atoms with Crippen LogP contribution in [0.25, 0.3) is 0 Å². The second kappa shape index (κ2) is 5.24. The van der Waals surface area contributed by atoms with Crippen LogP contribution in [0, 0.1) is 0 Å². The summed E-state index contributed by atoms with van der Waals surface area (Å²) in [5, 5.41) is 4.28. The van der Waals surface area contributed by atoms with E-state index in [4.69, 9.17) is 4.74 Å². The van der Waals surface area contributed by atoms with Crippen molar-refractivity contribution in [2.24, 2.45) is 5.10 Å². The van der Waals surface area contributed by atoms with E-state index in [0.717, 1.165) is 23.4 Å². The first-order valence-corrected chi connectivity index (χ1v) is 7.23. The number of rotatable bonds is 1. The summed E-state index contributed by atoms with van der Waals surface area (Å²) in [6.07, 6.45) is 9.05. The Morgan fingerprint density at radius 1 is 1.10 bits per heavy atom. The van der Waals surface area contributed by atoms with E-state index >= 15 is 0 Å². The largest absolute Gasteiger partial charge is 0.419 e. The fourth-order valence-electron chi connectivity index (χ4n) is 2.30. The lowest BCUT2D eigenvalue weighted by Crippen LogP contribution is -2.11. The number of hydrogen-bond acceptors (Lipinski definition) is 3. The molecule has 1 aromatic carbocycles. The maximum Gasteiger partial charge on any atom is 0.245 e. The third kappa shape index (κ3) is 2.92. The third-order valence-electron chi connectivity index (χ3n) is 3.63. The molecular formula is C18H20N2O. The van der Waals surface area contributed by atoms with Gasteiger partial charge in [0.25, 0.3) is 0 Å². The fraction of sp³-hybridized carbons (Fsp3) is 0.278. The van der Waals surface area contributed by atoms with Crippen molar-refractivity contribution in [1.29, 1.82) is 0 Å². The molecule has 0 saturated heterocycles. The molecule has 3 rings (SSSR count). The van der Waals surface area contributed by atoms with Crippen molar-refractivity contribution in [3.8, 4) is 0 Å². The van der Waals surface area contributed by atoms with Crippen LogP contribution in [0.3, 0.4) is 0 Å². The van der Waals surface area contributed by atoms with Crippen LogP contribution in [0.1, 0.15) is 38.3 Å². The summed E-state index contributed by atoms with van der Waals surface area (Å²) < 4.78 is 5.85. The lowest BCUT2D eigenvalue weighted by atomic mass is 9.87. The van der Waals surface area contributed by atoms with Crippen LogP contribution in [0.15, 0.2) is 65.1 Å². The molecule has 0 fully saturated rings. The quantitative estimate of drug-likeness (QED) is 0.843. The molecule has 1 aliphatic carbocycles. The first-order chi connectivity index (χ1) is 10.0. The highest BCUT2D eigenvalue weighted by atomic mass is 16.5. The van der Waals surface area contributed by atoms with Gasteiger partial charge in [0.15, 0.2) is 0 Å². The average Bonchev–Trinajstić information content (AvgIpc) is 2.97. The Labute approximate surface area is 125 Å². The van der Waals surface area contributed by atoms with Gasteiger partial charge in [-0.15, -0.1) is 5.10 Å². The molecular weight excluding hydrogens is 260 g/mol. The number of benzene rings is 1. The van der Waals surface area contributed by atoms with Gasteiger partial charge in [0.05, 0.1) is 0 Å². The van der Waals surface area contributed by atoms with E-state index < -0.39 is 0 Å². The first-order valence-electron chi connectivity index (χ1n) is 7.23. The SMILES string of the molecule is CC(C)(C)c1ccc(C2=NNC(=C3C=CC=CC3)O2)cc1. The summed E-state index contributed by atoms with van der Waals surface area (Å²) in [6, 6.07) is 8.39. The molecule has 2 aliphatic rings. The molecule has 1 aliphatic heterocycles. The summed E-state index contributed by atoms with van der Waals surface area (Å²) >= 11 is 0. The highest BCUT2D eigenvalue weighted by molar-refractivity contribution is 5.95. The number of ether oxygens (including phenoxy) is 1. The van der Waals surface area contributed by atoms with E-state index in [0.29, 0.717) is 5.90 Å². The van der Waals surface area contributed by atoms with E-state index in [1.807, 2.05) is 18.2 Å². The van der Waals surface area contributed by atoms with Crippen molar-refractivity contribution >= 4 is 5.90 Å². The molecule has 3 heteroatoms. The Balaban J connectivity index is 1.77. The molecule has 21 heavy (non-hydrogen) atoms. The van der Waals surface area contributed by atoms with Gasteiger partial charge in [0.2, 0.25) is 11.8 Å². The predicted octanol–water partition coefficient (Wildman–Crippen LogP) is 3.99. The van der Waals surface area contributed by atoms with E-state index in [9.17, 15) is 0 Å². The van der Waals surface area contributed by atoms with Gasteiger partial charge in [-0.3, -0.25) is 0 Å². The molecule has 0 bridgehead atoms. The normalized spacial score (nSPS) is 21.0. The van der Waals surface area contributed by atoms with Gasteiger partial charge in [-0.2, -0.15) is 0 Å². The maximum atomic E-state index is 5.85. The Morgan fingerprint density at radius 2 is 1.86 bits per heavy atom. The smallest absolute Gasteiger partial charge is 0.245 e. The summed E-state index contributed by atoms with van der Waals surface area (Å²) in [4.78, 5) is 0. The van der Waals surface area contributed by atoms with Crippen molar-refractivity contribution in [2.75, 3.05) is 0 Å². The van der Waals surface area contributed by atoms with Gasteiger partial charge < -0.3 is 4.74 Å². The molecule has 0 saturated carbocycles. The van der Waals surface area contributed by atoms with Crippen molar-refractivity contribution < 1.29 is 4.74 Å². The van der Waals surface area contributed by atoms with Crippen molar-refractivity contribution in [1.82, 2.24) is 5.43 Å². The second-order valence-corrected chi connectivity index (χ2v) is 6.30. The number of hydrazone groups is 1. The Bertz CT molecular complexity index is 655. The topological polar surface area (TPSA) is 33.6 Å². The molecule has 3 nitrogen and oxygen atoms in total. The summed E-state index contributed by atoms with van der Waals surface area (Å²) in [5.41, 5.74) is 6.54. The monoisotopic (exact) mass is 280 g/mol. The molecule has 108 valence electrons. The average molecular weight is 280 g/mol. The Hall–Kier alpha value is -2.29. The van der Waals surface area contributed by atoms with Gasteiger partial charge in [-0.1, -0.05) is 57.2 Å². The van der Waals surface area contributed by atoms with Crippen LogP contribution in [-0.4, -0.2) is 5.90 Å². The molecule has 0 atom stereocenters. The molecule has 1 heterocycles. The van der Waals surface area contributed by atoms with Gasteiger partial charge >= 0.3 is 0 Å². The zero-order chi connectivity index (χ0) is 14.9. The lowest BCUT2D eigenvalue weighted by Gasteiger charge is -2.18. The minimum Gasteiger partial charge on any atom is -0.419 e. The minimum atomic E-state index is 0.154. The number of hydrogen-bond donors (Lipinski definition) is 1. The Kier molecular flexibility index (Phi) is 3.42. The second-order valence-electron chi connectivity index (χ2n) is 6.30. The van der Waals surface area contributed by atoms with Crippen molar-refractivity contribution in [3.63, 3.8) is 0 Å². The molecule has 0 aromatic heterocycles. The standard InChI is InChI=1S/C18H20N2O/c1-18(2,3)15-11-9-14(10-12-15)17-20-19-16(21-17)13-7-5-4-6-8-13/h4-7,9-12,19H,8H2,1-3H3. The minimum absolute atomic E-state index is 0.154. The first kappa shape index (κ1) is 13.7. The molecule has 0 unspecified atom stereocenters. The lowest BCUT2D eigenvalue weighted by molar-refractivity contribution is 0.410. The van der Waals surface area contributed by atoms with Gasteiger partial charge in [-0.05, 0) is 29.5 Å². The van der Waals surface area contributed by atoms with Gasteiger partial charge in [0.1, 0.15) is 0 Å². The molecule has 0 radical (unpaired) electrons. The summed E-state index contributed by atoms with van der Waals surface area (Å²) in [6.45, 7) is 6.62. The van der Waals surface area contributed by atoms with Crippen LogP contribution in [0.2, 0.25) is 0 Å². The van der Waals surface area contributed by atoms with Crippen molar-refractivity contribution in [3.05, 3.63) is 71.2 Å². The number of nitrogens with one attached hydrogen (secondary N) is 1. The van der Waals surface area contributed by atoms with Gasteiger partial charge in [-0.25, -0.2) is 5.43 Å². The van der Waals surface area contributed by atoms with Crippen LogP contribution < -0.4 is 5.43 Å². The number of nitrogens with zero attached hydrogens (tertiary/aromatic N) is 1. The van der Waals surface area contributed by atoms with Crippen molar-refractivity contribution in [2.45, 2.75) is 32.6 Å². The van der Waals surface area contributed by atoms with Gasteiger partial charge in [0, 0.05) is 11.1 Å². The molecule has 0 spiro atoms. The van der Waals surface area contributed by atoms with E-state index in [-0.39, 0.29) is 5.41 Å². The molecule has 1 N–H and O–H groups in total. The van der Waals surface area contributed by atoms with E-state index in [1.165, 1.54) is 5.56 Å². The number of allylic oxidation sites excluding steroid dienone is 5. The fourth-order valence-corrected chi connectivity index (χ4v) is 2.30. The third-order valence-corrected chi connectivity index (χ3v) is 3.63. The van der Waals surface area contributed by atoms with E-state index in [1.54, 1.807) is 0 Å².